The number of hydroxylamine groups is 3. The van der Waals surface area contributed by atoms with E-state index in [1.165, 1.54) is 12.0 Å². The first-order valence-corrected chi connectivity index (χ1v) is 7.01. The molecule has 98 valence electrons. The van der Waals surface area contributed by atoms with Gasteiger partial charge in [-0.3, -0.25) is 0 Å². The maximum absolute atomic E-state index is 13.3. The summed E-state index contributed by atoms with van der Waals surface area (Å²) in [7, 11) is 0. The summed E-state index contributed by atoms with van der Waals surface area (Å²) in [6, 6.07) is 10.2. The third kappa shape index (κ3) is 1.36. The first-order chi connectivity index (χ1) is 8.39. The summed E-state index contributed by atoms with van der Waals surface area (Å²) in [6.45, 7) is 8.26. The Morgan fingerprint density at radius 1 is 1.22 bits per heavy atom. The van der Waals surface area contributed by atoms with Crippen molar-refractivity contribution >= 4 is 0 Å². The van der Waals surface area contributed by atoms with Crippen LogP contribution in [-0.2, 0) is 6.54 Å². The van der Waals surface area contributed by atoms with Gasteiger partial charge >= 0.3 is 0 Å². The predicted octanol–water partition coefficient (Wildman–Crippen LogP) is 3.71. The van der Waals surface area contributed by atoms with Gasteiger partial charge in [0.05, 0.1) is 6.54 Å². The molecule has 2 aliphatic rings. The second-order valence-electron chi connectivity index (χ2n) is 6.95. The lowest BCUT2D eigenvalue weighted by molar-refractivity contribution is -0.938. The van der Waals surface area contributed by atoms with Gasteiger partial charge in [-0.05, 0) is 13.3 Å². The second kappa shape index (κ2) is 3.58. The molecule has 2 heteroatoms. The SMILES string of the molecule is CC1(C)[C@@H]2CC[C@@]1(C)[N@@+]([O-])(Cc1ccccc1)C2. The summed E-state index contributed by atoms with van der Waals surface area (Å²) in [5.41, 5.74) is 1.26. The standard InChI is InChI=1S/C16H23NO/c1-15(2)14-9-10-16(15,3)17(18,12-14)11-13-7-5-4-6-8-13/h4-8,14H,9-12H2,1-3H3/t14-,16-,17-/m1/s1. The molecule has 0 radical (unpaired) electrons. The van der Waals surface area contributed by atoms with Gasteiger partial charge in [-0.1, -0.05) is 44.2 Å². The minimum atomic E-state index is -0.104. The number of fused-ring (bicyclic) bond motifs is 2. The molecule has 0 spiro atoms. The van der Waals surface area contributed by atoms with E-state index in [2.05, 4.69) is 32.9 Å². The van der Waals surface area contributed by atoms with Crippen molar-refractivity contribution in [3.63, 3.8) is 0 Å². The lowest BCUT2D eigenvalue weighted by Gasteiger charge is -2.54. The molecular weight excluding hydrogens is 222 g/mol. The van der Waals surface area contributed by atoms with Gasteiger partial charge in [0.1, 0.15) is 12.1 Å². The van der Waals surface area contributed by atoms with Crippen LogP contribution >= 0.6 is 0 Å². The van der Waals surface area contributed by atoms with E-state index in [0.29, 0.717) is 12.5 Å². The molecule has 1 aliphatic carbocycles. The van der Waals surface area contributed by atoms with Crippen LogP contribution in [0.4, 0.5) is 0 Å². The Hall–Kier alpha value is -0.860. The number of nitrogens with zero attached hydrogens (tertiary/aromatic N) is 1. The molecule has 3 atom stereocenters. The summed E-state index contributed by atoms with van der Waals surface area (Å²) in [5.74, 6) is 0.601. The Bertz CT molecular complexity index is 455. The Balaban J connectivity index is 1.93. The zero-order chi connectivity index (χ0) is 13.0. The molecule has 2 fully saturated rings. The van der Waals surface area contributed by atoms with Gasteiger partial charge in [0, 0.05) is 23.3 Å². The van der Waals surface area contributed by atoms with Gasteiger partial charge in [0.25, 0.3) is 0 Å². The molecule has 1 aromatic rings. The molecule has 2 bridgehead atoms. The Morgan fingerprint density at radius 3 is 2.39 bits per heavy atom. The van der Waals surface area contributed by atoms with Gasteiger partial charge < -0.3 is 9.85 Å². The van der Waals surface area contributed by atoms with E-state index in [4.69, 9.17) is 0 Å². The molecule has 0 amide bonds. The van der Waals surface area contributed by atoms with Gasteiger partial charge in [0.15, 0.2) is 0 Å². The first-order valence-electron chi connectivity index (χ1n) is 7.01. The molecule has 1 aromatic carbocycles. The second-order valence-corrected chi connectivity index (χ2v) is 6.95. The minimum absolute atomic E-state index is 0.0192. The highest BCUT2D eigenvalue weighted by Crippen LogP contribution is 2.62. The zero-order valence-corrected chi connectivity index (χ0v) is 11.6. The topological polar surface area (TPSA) is 23.1 Å². The van der Waals surface area contributed by atoms with Crippen molar-refractivity contribution < 1.29 is 4.65 Å². The smallest absolute Gasteiger partial charge is 0.105 e. The van der Waals surface area contributed by atoms with E-state index in [1.54, 1.807) is 0 Å². The van der Waals surface area contributed by atoms with Gasteiger partial charge in [0.2, 0.25) is 0 Å². The maximum atomic E-state index is 13.3. The summed E-state index contributed by atoms with van der Waals surface area (Å²) in [6.07, 6.45) is 2.32. The molecular formula is C16H23NO. The summed E-state index contributed by atoms with van der Waals surface area (Å²) < 4.78 is -0.0192. The highest BCUT2D eigenvalue weighted by Gasteiger charge is 2.67. The fraction of sp³-hybridized carbons (Fsp3) is 0.625. The molecule has 3 rings (SSSR count). The van der Waals surface area contributed by atoms with Crippen LogP contribution in [0.2, 0.25) is 0 Å². The average Bonchev–Trinajstić information content (AvgIpc) is 2.62. The van der Waals surface area contributed by atoms with Crippen LogP contribution in [0, 0.1) is 16.5 Å². The third-order valence-electron chi connectivity index (χ3n) is 6.08. The summed E-state index contributed by atoms with van der Waals surface area (Å²) in [4.78, 5) is 0. The lowest BCUT2D eigenvalue weighted by atomic mass is 9.75. The summed E-state index contributed by atoms with van der Waals surface area (Å²) in [5, 5.41) is 13.3. The molecule has 2 nitrogen and oxygen atoms in total. The molecule has 1 saturated carbocycles. The quantitative estimate of drug-likeness (QED) is 0.575. The van der Waals surface area contributed by atoms with Crippen molar-refractivity contribution in [2.24, 2.45) is 11.3 Å². The fourth-order valence-electron chi connectivity index (χ4n) is 4.30. The normalized spacial score (nSPS) is 41.2. The van der Waals surface area contributed by atoms with Gasteiger partial charge in [-0.15, -0.1) is 0 Å². The van der Waals surface area contributed by atoms with Crippen LogP contribution in [0.25, 0.3) is 0 Å². The van der Waals surface area contributed by atoms with Crippen LogP contribution in [-0.4, -0.2) is 16.7 Å². The molecule has 1 saturated heterocycles. The van der Waals surface area contributed by atoms with Crippen molar-refractivity contribution in [2.75, 3.05) is 6.54 Å². The number of rotatable bonds is 2. The van der Waals surface area contributed by atoms with Crippen LogP contribution in [0.5, 0.6) is 0 Å². The average molecular weight is 245 g/mol. The molecule has 0 unspecified atom stereocenters. The predicted molar refractivity (Wildman–Crippen MR) is 73.6 cm³/mol. The zero-order valence-electron chi connectivity index (χ0n) is 11.6. The summed E-state index contributed by atoms with van der Waals surface area (Å²) >= 11 is 0. The Labute approximate surface area is 110 Å². The third-order valence-corrected chi connectivity index (χ3v) is 6.08. The maximum Gasteiger partial charge on any atom is 0.105 e. The van der Waals surface area contributed by atoms with E-state index in [1.807, 2.05) is 18.2 Å². The Kier molecular flexibility index (Phi) is 2.43. The minimum Gasteiger partial charge on any atom is -0.632 e. The Morgan fingerprint density at radius 2 is 1.89 bits per heavy atom. The largest absolute Gasteiger partial charge is 0.632 e. The first kappa shape index (κ1) is 12.2. The number of likely N-dealkylation sites (tertiary alicyclic amines) is 1. The van der Waals surface area contributed by atoms with E-state index in [0.717, 1.165) is 13.0 Å². The molecule has 0 aromatic heterocycles. The van der Waals surface area contributed by atoms with Crippen molar-refractivity contribution in [3.8, 4) is 0 Å². The molecule has 0 N–H and O–H groups in total. The van der Waals surface area contributed by atoms with E-state index in [-0.39, 0.29) is 15.6 Å². The lowest BCUT2D eigenvalue weighted by Crippen LogP contribution is -2.58. The van der Waals surface area contributed by atoms with Crippen molar-refractivity contribution in [1.82, 2.24) is 0 Å². The number of hydrogen-bond acceptors (Lipinski definition) is 1. The van der Waals surface area contributed by atoms with Crippen molar-refractivity contribution in [1.29, 1.82) is 0 Å². The van der Waals surface area contributed by atoms with Crippen molar-refractivity contribution in [3.05, 3.63) is 41.1 Å². The van der Waals surface area contributed by atoms with Crippen LogP contribution in [0.3, 0.4) is 0 Å². The van der Waals surface area contributed by atoms with Crippen molar-refractivity contribution in [2.45, 2.75) is 45.7 Å². The molecule has 18 heavy (non-hydrogen) atoms. The molecule has 1 aliphatic heterocycles. The van der Waals surface area contributed by atoms with Crippen LogP contribution in [0.15, 0.2) is 30.3 Å². The monoisotopic (exact) mass is 245 g/mol. The molecule has 1 heterocycles. The number of benzene rings is 1. The van der Waals surface area contributed by atoms with E-state index < -0.39 is 0 Å². The van der Waals surface area contributed by atoms with Gasteiger partial charge in [-0.25, -0.2) is 0 Å². The van der Waals surface area contributed by atoms with Crippen LogP contribution < -0.4 is 0 Å². The van der Waals surface area contributed by atoms with Gasteiger partial charge in [-0.2, -0.15) is 0 Å². The number of hydrogen-bond donors (Lipinski definition) is 0. The fourth-order valence-corrected chi connectivity index (χ4v) is 4.30. The van der Waals surface area contributed by atoms with Crippen LogP contribution in [0.1, 0.15) is 39.2 Å². The van der Waals surface area contributed by atoms with E-state index >= 15 is 0 Å². The number of quaternary nitrogens is 1. The highest BCUT2D eigenvalue weighted by molar-refractivity contribution is 5.15. The van der Waals surface area contributed by atoms with E-state index in [9.17, 15) is 5.21 Å². The highest BCUT2D eigenvalue weighted by atomic mass is 16.6. The number of piperidine rings is 1.